The van der Waals surface area contributed by atoms with E-state index >= 15 is 0 Å². The van der Waals surface area contributed by atoms with E-state index in [1.807, 2.05) is 0 Å². The second kappa shape index (κ2) is 8.01. The fraction of sp³-hybridized carbons (Fsp3) is 0.158. The average molecular weight is 387 g/mol. The third kappa shape index (κ3) is 4.51. The minimum Gasteiger partial charge on any atom is -0.452 e. The molecular weight excluding hydrogens is 372 g/mol. The molecule has 2 aromatic rings. The van der Waals surface area contributed by atoms with Gasteiger partial charge in [0.1, 0.15) is 0 Å². The first-order chi connectivity index (χ1) is 12.9. The molecular formula is C19H15ClN2O5. The number of benzene rings is 2. The highest BCUT2D eigenvalue weighted by molar-refractivity contribution is 6.30. The molecule has 138 valence electrons. The van der Waals surface area contributed by atoms with Crippen molar-refractivity contribution in [2.45, 2.75) is 12.8 Å². The standard InChI is InChI=1S/C19H15ClN2O5/c20-13-4-6-14(7-5-13)21-16(23)11-27-19(26)12-2-1-3-15(10-12)22-17(24)8-9-18(22)25/h1-7,10H,8-9,11H2,(H,21,23). The smallest absolute Gasteiger partial charge is 0.338 e. The fourth-order valence-electron chi connectivity index (χ4n) is 2.58. The van der Waals surface area contributed by atoms with Crippen LogP contribution in [0.3, 0.4) is 0 Å². The van der Waals surface area contributed by atoms with Crippen LogP contribution >= 0.6 is 11.6 Å². The number of nitrogens with zero attached hydrogens (tertiary/aromatic N) is 1. The minimum absolute atomic E-state index is 0.138. The summed E-state index contributed by atoms with van der Waals surface area (Å²) >= 11 is 5.77. The molecule has 1 saturated heterocycles. The summed E-state index contributed by atoms with van der Waals surface area (Å²) in [5, 5.41) is 3.11. The fourth-order valence-corrected chi connectivity index (χ4v) is 2.71. The summed E-state index contributed by atoms with van der Waals surface area (Å²) in [5.41, 5.74) is 0.968. The lowest BCUT2D eigenvalue weighted by atomic mass is 10.2. The van der Waals surface area contributed by atoms with Crippen molar-refractivity contribution in [3.8, 4) is 0 Å². The summed E-state index contributed by atoms with van der Waals surface area (Å²) in [4.78, 5) is 48.7. The van der Waals surface area contributed by atoms with Gasteiger partial charge in [-0.25, -0.2) is 4.79 Å². The van der Waals surface area contributed by atoms with E-state index in [0.717, 1.165) is 4.90 Å². The largest absolute Gasteiger partial charge is 0.452 e. The lowest BCUT2D eigenvalue weighted by Gasteiger charge is -2.14. The second-order valence-electron chi connectivity index (χ2n) is 5.80. The second-order valence-corrected chi connectivity index (χ2v) is 6.24. The highest BCUT2D eigenvalue weighted by atomic mass is 35.5. The molecule has 0 atom stereocenters. The Balaban J connectivity index is 1.60. The lowest BCUT2D eigenvalue weighted by molar-refractivity contribution is -0.121. The van der Waals surface area contributed by atoms with Crippen molar-refractivity contribution in [2.75, 3.05) is 16.8 Å². The van der Waals surface area contributed by atoms with Gasteiger partial charge >= 0.3 is 5.97 Å². The van der Waals surface area contributed by atoms with Crippen LogP contribution in [0.1, 0.15) is 23.2 Å². The molecule has 0 aliphatic carbocycles. The molecule has 8 heteroatoms. The van der Waals surface area contributed by atoms with Gasteiger partial charge in [-0.2, -0.15) is 0 Å². The van der Waals surface area contributed by atoms with E-state index in [9.17, 15) is 19.2 Å². The van der Waals surface area contributed by atoms with E-state index in [-0.39, 0.29) is 30.2 Å². The van der Waals surface area contributed by atoms with Crippen LogP contribution in [-0.4, -0.2) is 30.3 Å². The first-order valence-electron chi connectivity index (χ1n) is 8.12. The van der Waals surface area contributed by atoms with Crippen molar-refractivity contribution in [1.82, 2.24) is 0 Å². The molecule has 1 aliphatic heterocycles. The van der Waals surface area contributed by atoms with Crippen molar-refractivity contribution in [3.05, 3.63) is 59.1 Å². The molecule has 0 bridgehead atoms. The molecule has 0 aromatic heterocycles. The zero-order valence-corrected chi connectivity index (χ0v) is 14.9. The Kier molecular flexibility index (Phi) is 5.52. The number of amides is 3. The molecule has 2 aromatic carbocycles. The van der Waals surface area contributed by atoms with Crippen molar-refractivity contribution < 1.29 is 23.9 Å². The number of esters is 1. The third-order valence-corrected chi connectivity index (χ3v) is 4.11. The molecule has 3 amide bonds. The van der Waals surface area contributed by atoms with Crippen LogP contribution in [-0.2, 0) is 19.1 Å². The molecule has 1 aliphatic rings. The molecule has 1 N–H and O–H groups in total. The Bertz CT molecular complexity index is 895. The van der Waals surface area contributed by atoms with Crippen LogP contribution in [0.5, 0.6) is 0 Å². The lowest BCUT2D eigenvalue weighted by Crippen LogP contribution is -2.28. The number of anilines is 2. The number of carbonyl (C=O) groups is 4. The SMILES string of the molecule is O=C(COC(=O)c1cccc(N2C(=O)CCC2=O)c1)Nc1ccc(Cl)cc1. The number of nitrogens with one attached hydrogen (secondary N) is 1. The van der Waals surface area contributed by atoms with Crippen LogP contribution in [0, 0.1) is 0 Å². The number of halogens is 1. The predicted molar refractivity (Wildman–Crippen MR) is 98.5 cm³/mol. The quantitative estimate of drug-likeness (QED) is 0.630. The van der Waals surface area contributed by atoms with Crippen LogP contribution < -0.4 is 10.2 Å². The van der Waals surface area contributed by atoms with E-state index in [2.05, 4.69) is 5.32 Å². The van der Waals surface area contributed by atoms with E-state index in [1.165, 1.54) is 12.1 Å². The van der Waals surface area contributed by atoms with Gasteiger partial charge in [0.2, 0.25) is 11.8 Å². The Hall–Kier alpha value is -3.19. The zero-order chi connectivity index (χ0) is 19.4. The Morgan fingerprint density at radius 1 is 1.04 bits per heavy atom. The molecule has 1 fully saturated rings. The summed E-state index contributed by atoms with van der Waals surface area (Å²) in [6.45, 7) is -0.479. The van der Waals surface area contributed by atoms with E-state index in [4.69, 9.17) is 16.3 Å². The highest BCUT2D eigenvalue weighted by Crippen LogP contribution is 2.23. The van der Waals surface area contributed by atoms with E-state index in [0.29, 0.717) is 16.4 Å². The van der Waals surface area contributed by atoms with Gasteiger partial charge in [-0.3, -0.25) is 19.3 Å². The molecule has 0 spiro atoms. The van der Waals surface area contributed by atoms with Crippen molar-refractivity contribution in [3.63, 3.8) is 0 Å². The van der Waals surface area contributed by atoms with Crippen molar-refractivity contribution in [1.29, 1.82) is 0 Å². The van der Waals surface area contributed by atoms with Crippen molar-refractivity contribution >= 4 is 46.7 Å². The molecule has 0 unspecified atom stereocenters. The van der Waals surface area contributed by atoms with Gasteiger partial charge in [-0.05, 0) is 42.5 Å². The first kappa shape index (κ1) is 18.6. The number of hydrogen-bond donors (Lipinski definition) is 1. The first-order valence-corrected chi connectivity index (χ1v) is 8.50. The molecule has 3 rings (SSSR count). The predicted octanol–water partition coefficient (Wildman–Crippen LogP) is 2.79. The van der Waals surface area contributed by atoms with Crippen LogP contribution in [0.25, 0.3) is 0 Å². The Morgan fingerprint density at radius 2 is 1.70 bits per heavy atom. The molecule has 0 saturated carbocycles. The van der Waals surface area contributed by atoms with E-state index in [1.54, 1.807) is 36.4 Å². The number of ether oxygens (including phenoxy) is 1. The van der Waals surface area contributed by atoms with E-state index < -0.39 is 18.5 Å². The van der Waals surface area contributed by atoms with Gasteiger partial charge in [-0.1, -0.05) is 17.7 Å². The van der Waals surface area contributed by atoms with Crippen molar-refractivity contribution in [2.24, 2.45) is 0 Å². The highest BCUT2D eigenvalue weighted by Gasteiger charge is 2.30. The maximum atomic E-state index is 12.2. The summed E-state index contributed by atoms with van der Waals surface area (Å²) in [6, 6.07) is 12.5. The van der Waals surface area contributed by atoms with Crippen LogP contribution in [0.15, 0.2) is 48.5 Å². The molecule has 7 nitrogen and oxygen atoms in total. The number of hydrogen-bond acceptors (Lipinski definition) is 5. The van der Waals surface area contributed by atoms with Gasteiger partial charge in [0.15, 0.2) is 6.61 Å². The summed E-state index contributed by atoms with van der Waals surface area (Å²) in [5.74, 6) is -1.87. The number of imide groups is 1. The average Bonchev–Trinajstić information content (AvgIpc) is 3.00. The molecule has 0 radical (unpaired) electrons. The third-order valence-electron chi connectivity index (χ3n) is 3.85. The number of rotatable bonds is 5. The van der Waals surface area contributed by atoms with Crippen LogP contribution in [0.2, 0.25) is 5.02 Å². The molecule has 1 heterocycles. The molecule has 27 heavy (non-hydrogen) atoms. The normalized spacial score (nSPS) is 13.6. The number of carbonyl (C=O) groups excluding carboxylic acids is 4. The Labute approximate surface area is 159 Å². The van der Waals surface area contributed by atoms with Gasteiger partial charge in [0.05, 0.1) is 11.3 Å². The van der Waals surface area contributed by atoms with Gasteiger partial charge in [0.25, 0.3) is 5.91 Å². The van der Waals surface area contributed by atoms with Gasteiger partial charge in [0, 0.05) is 23.6 Å². The van der Waals surface area contributed by atoms with Crippen LogP contribution in [0.4, 0.5) is 11.4 Å². The maximum absolute atomic E-state index is 12.2. The summed E-state index contributed by atoms with van der Waals surface area (Å²) in [6.07, 6.45) is 0.302. The Morgan fingerprint density at radius 3 is 2.37 bits per heavy atom. The topological polar surface area (TPSA) is 92.8 Å². The van der Waals surface area contributed by atoms with Gasteiger partial charge in [-0.15, -0.1) is 0 Å². The monoisotopic (exact) mass is 386 g/mol. The summed E-state index contributed by atoms with van der Waals surface area (Å²) in [7, 11) is 0. The zero-order valence-electron chi connectivity index (χ0n) is 14.1. The summed E-state index contributed by atoms with van der Waals surface area (Å²) < 4.78 is 4.99. The minimum atomic E-state index is -0.734. The van der Waals surface area contributed by atoms with Gasteiger partial charge < -0.3 is 10.1 Å². The maximum Gasteiger partial charge on any atom is 0.338 e.